The minimum Gasteiger partial charge on any atom is -0.481 e. The van der Waals surface area contributed by atoms with Crippen molar-refractivity contribution < 1.29 is 24.2 Å². The summed E-state index contributed by atoms with van der Waals surface area (Å²) < 4.78 is 5.72. The number of ether oxygens (including phenoxy) is 1. The number of amides is 1. The van der Waals surface area contributed by atoms with E-state index in [4.69, 9.17) is 4.74 Å². The molecule has 0 spiro atoms. The molecule has 0 bridgehead atoms. The number of hydrogen-bond donors (Lipinski definition) is 1. The van der Waals surface area contributed by atoms with Gasteiger partial charge in [0.05, 0.1) is 5.41 Å². The predicted molar refractivity (Wildman–Crippen MR) is 99.2 cm³/mol. The van der Waals surface area contributed by atoms with Gasteiger partial charge in [0.25, 0.3) is 5.91 Å². The Balaban J connectivity index is 1.66. The summed E-state index contributed by atoms with van der Waals surface area (Å²) in [6.45, 7) is 3.81. The number of hydrogen-bond acceptors (Lipinski definition) is 4. The standard InChI is InChI=1S/C21H21NO5/c1-14(23)15-3-7-17(8-4-15)27-18-9-5-16(6-10-18)19(24)22-12-11-21(2,13-22)20(25)26/h3-10H,11-13H2,1-2H3,(H,25,26). The quantitative estimate of drug-likeness (QED) is 0.816. The van der Waals surface area contributed by atoms with Gasteiger partial charge in [-0.1, -0.05) is 0 Å². The smallest absolute Gasteiger partial charge is 0.311 e. The molecule has 3 rings (SSSR count). The fraction of sp³-hybridized carbons (Fsp3) is 0.286. The van der Waals surface area contributed by atoms with Crippen LogP contribution in [0, 0.1) is 5.41 Å². The van der Waals surface area contributed by atoms with Gasteiger partial charge in [-0.15, -0.1) is 0 Å². The molecule has 1 unspecified atom stereocenters. The summed E-state index contributed by atoms with van der Waals surface area (Å²) in [6, 6.07) is 13.5. The molecular formula is C21H21NO5. The van der Waals surface area contributed by atoms with E-state index in [1.165, 1.54) is 6.92 Å². The molecule has 0 radical (unpaired) electrons. The van der Waals surface area contributed by atoms with Crippen molar-refractivity contribution >= 4 is 17.7 Å². The molecule has 140 valence electrons. The number of nitrogens with zero attached hydrogens (tertiary/aromatic N) is 1. The molecule has 1 N–H and O–H groups in total. The first kappa shape index (κ1) is 18.6. The van der Waals surface area contributed by atoms with Crippen LogP contribution in [0.2, 0.25) is 0 Å². The van der Waals surface area contributed by atoms with E-state index in [1.54, 1.807) is 60.4 Å². The molecule has 0 aliphatic carbocycles. The van der Waals surface area contributed by atoms with E-state index in [1.807, 2.05) is 0 Å². The molecule has 1 aliphatic rings. The number of carboxylic acids is 1. The second-order valence-electron chi connectivity index (χ2n) is 7.05. The van der Waals surface area contributed by atoms with Gasteiger partial charge in [-0.2, -0.15) is 0 Å². The van der Waals surface area contributed by atoms with Crippen LogP contribution >= 0.6 is 0 Å². The van der Waals surface area contributed by atoms with Gasteiger partial charge >= 0.3 is 5.97 Å². The zero-order valence-electron chi connectivity index (χ0n) is 15.3. The Morgan fingerprint density at radius 3 is 1.93 bits per heavy atom. The van der Waals surface area contributed by atoms with Crippen molar-refractivity contribution in [3.8, 4) is 11.5 Å². The van der Waals surface area contributed by atoms with Crippen molar-refractivity contribution in [2.24, 2.45) is 5.41 Å². The van der Waals surface area contributed by atoms with Crippen molar-refractivity contribution in [1.82, 2.24) is 4.90 Å². The average molecular weight is 367 g/mol. The van der Waals surface area contributed by atoms with Crippen LogP contribution in [-0.2, 0) is 4.79 Å². The molecule has 1 fully saturated rings. The Hall–Kier alpha value is -3.15. The number of likely N-dealkylation sites (tertiary alicyclic amines) is 1. The van der Waals surface area contributed by atoms with Crippen molar-refractivity contribution in [2.45, 2.75) is 20.3 Å². The van der Waals surface area contributed by atoms with Crippen molar-refractivity contribution in [3.05, 3.63) is 59.7 Å². The van der Waals surface area contributed by atoms with Gasteiger partial charge in [-0.3, -0.25) is 14.4 Å². The summed E-state index contributed by atoms with van der Waals surface area (Å²) in [4.78, 5) is 36.8. The van der Waals surface area contributed by atoms with Crippen LogP contribution < -0.4 is 4.74 Å². The molecule has 1 saturated heterocycles. The van der Waals surface area contributed by atoms with E-state index in [0.29, 0.717) is 35.6 Å². The number of carbonyl (C=O) groups excluding carboxylic acids is 2. The lowest BCUT2D eigenvalue weighted by molar-refractivity contribution is -0.147. The number of carbonyl (C=O) groups is 3. The first-order chi connectivity index (χ1) is 12.8. The van der Waals surface area contributed by atoms with E-state index in [-0.39, 0.29) is 18.2 Å². The maximum Gasteiger partial charge on any atom is 0.311 e. The van der Waals surface area contributed by atoms with E-state index in [9.17, 15) is 19.5 Å². The van der Waals surface area contributed by atoms with E-state index >= 15 is 0 Å². The Kier molecular flexibility index (Phi) is 4.99. The monoisotopic (exact) mass is 367 g/mol. The highest BCUT2D eigenvalue weighted by atomic mass is 16.5. The van der Waals surface area contributed by atoms with Gasteiger partial charge in [0, 0.05) is 24.2 Å². The lowest BCUT2D eigenvalue weighted by Crippen LogP contribution is -2.34. The fourth-order valence-electron chi connectivity index (χ4n) is 3.05. The van der Waals surface area contributed by atoms with Crippen LogP contribution in [0.3, 0.4) is 0 Å². The summed E-state index contributed by atoms with van der Waals surface area (Å²) in [5, 5.41) is 9.29. The van der Waals surface area contributed by atoms with Crippen molar-refractivity contribution in [2.75, 3.05) is 13.1 Å². The molecule has 1 atom stereocenters. The Bertz CT molecular complexity index is 872. The van der Waals surface area contributed by atoms with Crippen LogP contribution in [0.1, 0.15) is 41.0 Å². The highest BCUT2D eigenvalue weighted by molar-refractivity contribution is 5.95. The van der Waals surface area contributed by atoms with Crippen LogP contribution in [-0.4, -0.2) is 40.8 Å². The minimum absolute atomic E-state index is 0.00896. The Morgan fingerprint density at radius 1 is 0.963 bits per heavy atom. The third-order valence-corrected chi connectivity index (χ3v) is 4.87. The minimum atomic E-state index is -0.884. The Morgan fingerprint density at radius 2 is 1.48 bits per heavy atom. The van der Waals surface area contributed by atoms with Crippen LogP contribution in [0.15, 0.2) is 48.5 Å². The van der Waals surface area contributed by atoms with Crippen molar-refractivity contribution in [1.29, 1.82) is 0 Å². The topological polar surface area (TPSA) is 83.9 Å². The number of ketones is 1. The summed E-state index contributed by atoms with van der Waals surface area (Å²) in [7, 11) is 0. The summed E-state index contributed by atoms with van der Waals surface area (Å²) in [5.41, 5.74) is 0.219. The van der Waals surface area contributed by atoms with E-state index in [0.717, 1.165) is 0 Å². The molecule has 6 nitrogen and oxygen atoms in total. The maximum atomic E-state index is 12.6. The van der Waals surface area contributed by atoms with E-state index < -0.39 is 11.4 Å². The zero-order chi connectivity index (χ0) is 19.6. The van der Waals surface area contributed by atoms with Gasteiger partial charge in [0.1, 0.15) is 11.5 Å². The normalized spacial score (nSPS) is 19.0. The SMILES string of the molecule is CC(=O)c1ccc(Oc2ccc(C(=O)N3CCC(C)(C(=O)O)C3)cc2)cc1. The van der Waals surface area contributed by atoms with Crippen molar-refractivity contribution in [3.63, 3.8) is 0 Å². The Labute approximate surface area is 157 Å². The first-order valence-electron chi connectivity index (χ1n) is 8.70. The molecule has 1 amide bonds. The largest absolute Gasteiger partial charge is 0.481 e. The maximum absolute atomic E-state index is 12.6. The number of Topliss-reactive ketones (excluding diaryl/α,β-unsaturated/α-hetero) is 1. The molecule has 2 aromatic rings. The molecule has 0 aromatic heterocycles. The molecular weight excluding hydrogens is 346 g/mol. The van der Waals surface area contributed by atoms with Gasteiger partial charge in [-0.05, 0) is 68.8 Å². The molecule has 6 heteroatoms. The fourth-order valence-corrected chi connectivity index (χ4v) is 3.05. The van der Waals surface area contributed by atoms with Crippen LogP contribution in [0.5, 0.6) is 11.5 Å². The third-order valence-electron chi connectivity index (χ3n) is 4.87. The number of benzene rings is 2. The number of aliphatic carboxylic acids is 1. The average Bonchev–Trinajstić information content (AvgIpc) is 3.06. The third kappa shape index (κ3) is 4.00. The molecule has 2 aromatic carbocycles. The first-order valence-corrected chi connectivity index (χ1v) is 8.70. The van der Waals surface area contributed by atoms with Crippen LogP contribution in [0.25, 0.3) is 0 Å². The summed E-state index contributed by atoms with van der Waals surface area (Å²) >= 11 is 0. The molecule has 1 aliphatic heterocycles. The molecule has 1 heterocycles. The second kappa shape index (κ2) is 7.23. The zero-order valence-corrected chi connectivity index (χ0v) is 15.3. The van der Waals surface area contributed by atoms with Gasteiger partial charge in [-0.25, -0.2) is 0 Å². The highest BCUT2D eigenvalue weighted by Crippen LogP contribution is 2.31. The predicted octanol–water partition coefficient (Wildman–Crippen LogP) is 3.62. The lowest BCUT2D eigenvalue weighted by atomic mass is 9.90. The summed E-state index contributed by atoms with van der Waals surface area (Å²) in [5.74, 6) is 0.0924. The number of carboxylic acid groups (broad SMARTS) is 1. The molecule has 0 saturated carbocycles. The highest BCUT2D eigenvalue weighted by Gasteiger charge is 2.42. The van der Waals surface area contributed by atoms with Gasteiger partial charge in [0.15, 0.2) is 5.78 Å². The lowest BCUT2D eigenvalue weighted by Gasteiger charge is -2.20. The van der Waals surface area contributed by atoms with Gasteiger partial charge < -0.3 is 14.7 Å². The van der Waals surface area contributed by atoms with Gasteiger partial charge in [0.2, 0.25) is 0 Å². The molecule has 27 heavy (non-hydrogen) atoms. The second-order valence-corrected chi connectivity index (χ2v) is 7.05. The summed E-state index contributed by atoms with van der Waals surface area (Å²) in [6.07, 6.45) is 0.450. The number of rotatable bonds is 5. The van der Waals surface area contributed by atoms with E-state index in [2.05, 4.69) is 0 Å². The van der Waals surface area contributed by atoms with Crippen LogP contribution in [0.4, 0.5) is 0 Å².